The van der Waals surface area contributed by atoms with Gasteiger partial charge in [0.1, 0.15) is 0 Å². The molecule has 1 aromatic heterocycles. The third kappa shape index (κ3) is 5.94. The fourth-order valence-electron chi connectivity index (χ4n) is 3.33. The highest BCUT2D eigenvalue weighted by molar-refractivity contribution is 5.94. The molecule has 7 heteroatoms. The molecule has 3 rings (SSSR count). The van der Waals surface area contributed by atoms with Crippen molar-refractivity contribution in [1.29, 1.82) is 0 Å². The summed E-state index contributed by atoms with van der Waals surface area (Å²) in [6, 6.07) is 12.1. The van der Waals surface area contributed by atoms with Crippen LogP contribution in [0.3, 0.4) is 0 Å². The number of nitrogens with zero attached hydrogens (tertiary/aromatic N) is 3. The van der Waals surface area contributed by atoms with Crippen molar-refractivity contribution < 1.29 is 14.3 Å². The lowest BCUT2D eigenvalue weighted by Gasteiger charge is -2.35. The number of ether oxygens (including phenoxy) is 1. The Kier molecular flexibility index (Phi) is 7.44. The molecular formula is C22H28N4O3. The molecule has 0 radical (unpaired) electrons. The Morgan fingerprint density at radius 2 is 1.86 bits per heavy atom. The Bertz CT molecular complexity index is 805. The number of carbonyl (C=O) groups is 2. The first-order valence-electron chi connectivity index (χ1n) is 10.1. The van der Waals surface area contributed by atoms with Crippen molar-refractivity contribution in [2.75, 3.05) is 44.2 Å². The molecule has 0 unspecified atom stereocenters. The third-order valence-corrected chi connectivity index (χ3v) is 4.93. The van der Waals surface area contributed by atoms with Gasteiger partial charge >= 0.3 is 6.09 Å². The molecule has 0 aliphatic carbocycles. The quantitative estimate of drug-likeness (QED) is 0.729. The first kappa shape index (κ1) is 20.6. The second-order valence-corrected chi connectivity index (χ2v) is 6.95. The minimum atomic E-state index is -0.270. The number of hydrogen-bond acceptors (Lipinski definition) is 5. The van der Waals surface area contributed by atoms with Crippen LogP contribution >= 0.6 is 0 Å². The summed E-state index contributed by atoms with van der Waals surface area (Å²) in [6.45, 7) is 5.36. The number of amides is 2. The van der Waals surface area contributed by atoms with Gasteiger partial charge in [0.05, 0.1) is 24.1 Å². The maximum atomic E-state index is 12.5. The van der Waals surface area contributed by atoms with E-state index in [2.05, 4.69) is 27.3 Å². The summed E-state index contributed by atoms with van der Waals surface area (Å²) in [6.07, 6.45) is 4.90. The molecule has 1 aliphatic heterocycles. The maximum absolute atomic E-state index is 12.5. The molecule has 1 saturated heterocycles. The highest BCUT2D eigenvalue weighted by Gasteiger charge is 2.22. The Morgan fingerprint density at radius 1 is 1.10 bits per heavy atom. The summed E-state index contributed by atoms with van der Waals surface area (Å²) in [5.74, 6) is -0.113. The molecule has 1 N–H and O–H groups in total. The topological polar surface area (TPSA) is 74.8 Å². The number of piperazine rings is 1. The van der Waals surface area contributed by atoms with Gasteiger partial charge in [0.15, 0.2) is 0 Å². The predicted octanol–water partition coefficient (Wildman–Crippen LogP) is 2.72. The van der Waals surface area contributed by atoms with Crippen LogP contribution in [0.5, 0.6) is 0 Å². The molecule has 0 saturated carbocycles. The number of anilines is 1. The highest BCUT2D eigenvalue weighted by atomic mass is 16.6. The zero-order chi connectivity index (χ0) is 20.5. The average molecular weight is 396 g/mol. The van der Waals surface area contributed by atoms with Crippen molar-refractivity contribution in [3.05, 3.63) is 59.9 Å². The van der Waals surface area contributed by atoms with Gasteiger partial charge in [0, 0.05) is 38.9 Å². The largest absolute Gasteiger partial charge is 0.450 e. The molecule has 2 amide bonds. The van der Waals surface area contributed by atoms with Gasteiger partial charge in [-0.1, -0.05) is 30.3 Å². The molecular weight excluding hydrogens is 368 g/mol. The van der Waals surface area contributed by atoms with Crippen molar-refractivity contribution in [1.82, 2.24) is 15.2 Å². The van der Waals surface area contributed by atoms with E-state index in [0.29, 0.717) is 44.9 Å². The lowest BCUT2D eigenvalue weighted by atomic mass is 10.1. The molecule has 0 bridgehead atoms. The van der Waals surface area contributed by atoms with Gasteiger partial charge in [-0.15, -0.1) is 0 Å². The lowest BCUT2D eigenvalue weighted by molar-refractivity contribution is 0.0952. The molecule has 1 aromatic carbocycles. The number of benzene rings is 1. The highest BCUT2D eigenvalue weighted by Crippen LogP contribution is 2.17. The Morgan fingerprint density at radius 3 is 2.59 bits per heavy atom. The summed E-state index contributed by atoms with van der Waals surface area (Å²) < 4.78 is 5.05. The van der Waals surface area contributed by atoms with E-state index >= 15 is 0 Å². The number of rotatable bonds is 7. The van der Waals surface area contributed by atoms with Crippen LogP contribution in [0.25, 0.3) is 0 Å². The van der Waals surface area contributed by atoms with E-state index in [1.165, 1.54) is 5.56 Å². The van der Waals surface area contributed by atoms with Crippen LogP contribution in [0.1, 0.15) is 29.3 Å². The van der Waals surface area contributed by atoms with Crippen LogP contribution in [0.2, 0.25) is 0 Å². The van der Waals surface area contributed by atoms with E-state index in [1.807, 2.05) is 24.3 Å². The minimum absolute atomic E-state index is 0.113. The van der Waals surface area contributed by atoms with E-state index in [9.17, 15) is 9.59 Å². The van der Waals surface area contributed by atoms with Crippen LogP contribution in [-0.4, -0.2) is 61.2 Å². The van der Waals surface area contributed by atoms with Gasteiger partial charge in [0.2, 0.25) is 0 Å². The van der Waals surface area contributed by atoms with Crippen molar-refractivity contribution in [3.63, 3.8) is 0 Å². The summed E-state index contributed by atoms with van der Waals surface area (Å²) in [5, 5.41) is 2.97. The van der Waals surface area contributed by atoms with E-state index in [-0.39, 0.29) is 12.0 Å². The SMILES string of the molecule is CCOC(=O)N1CCN(c2cncc(C(=O)NCCCc3ccccc3)c2)CC1. The van der Waals surface area contributed by atoms with Crippen LogP contribution in [-0.2, 0) is 11.2 Å². The van der Waals surface area contributed by atoms with Gasteiger partial charge < -0.3 is 19.9 Å². The van der Waals surface area contributed by atoms with Crippen molar-refractivity contribution in [3.8, 4) is 0 Å². The van der Waals surface area contributed by atoms with E-state index < -0.39 is 0 Å². The Hall–Kier alpha value is -3.09. The number of nitrogens with one attached hydrogen (secondary N) is 1. The Labute approximate surface area is 171 Å². The summed E-state index contributed by atoms with van der Waals surface area (Å²) in [4.78, 5) is 32.4. The first-order valence-corrected chi connectivity index (χ1v) is 10.1. The standard InChI is InChI=1S/C22H28N4O3/c1-2-29-22(28)26-13-11-25(12-14-26)20-15-19(16-23-17-20)21(27)24-10-6-9-18-7-4-3-5-8-18/h3-5,7-8,15-17H,2,6,9-14H2,1H3,(H,24,27). The smallest absolute Gasteiger partial charge is 0.409 e. The third-order valence-electron chi connectivity index (χ3n) is 4.93. The molecule has 7 nitrogen and oxygen atoms in total. The fraction of sp³-hybridized carbons (Fsp3) is 0.409. The first-order chi connectivity index (χ1) is 14.2. The zero-order valence-corrected chi connectivity index (χ0v) is 16.8. The molecule has 0 spiro atoms. The van der Waals surface area contributed by atoms with Crippen molar-refractivity contribution in [2.24, 2.45) is 0 Å². The molecule has 2 aromatic rings. The predicted molar refractivity (Wildman–Crippen MR) is 112 cm³/mol. The zero-order valence-electron chi connectivity index (χ0n) is 16.8. The van der Waals surface area contributed by atoms with E-state index in [0.717, 1.165) is 18.5 Å². The number of aromatic nitrogens is 1. The molecule has 2 heterocycles. The summed E-state index contributed by atoms with van der Waals surface area (Å²) in [7, 11) is 0. The van der Waals surface area contributed by atoms with Gasteiger partial charge in [-0.3, -0.25) is 9.78 Å². The minimum Gasteiger partial charge on any atom is -0.450 e. The van der Waals surface area contributed by atoms with Gasteiger partial charge in [0.25, 0.3) is 5.91 Å². The van der Waals surface area contributed by atoms with Crippen molar-refractivity contribution in [2.45, 2.75) is 19.8 Å². The van der Waals surface area contributed by atoms with Gasteiger partial charge in [-0.25, -0.2) is 4.79 Å². The Balaban J connectivity index is 1.47. The fourth-order valence-corrected chi connectivity index (χ4v) is 3.33. The molecule has 0 atom stereocenters. The molecule has 1 aliphatic rings. The number of hydrogen-bond donors (Lipinski definition) is 1. The van der Waals surface area contributed by atoms with Crippen LogP contribution in [0.4, 0.5) is 10.5 Å². The second-order valence-electron chi connectivity index (χ2n) is 6.95. The number of pyridine rings is 1. The number of carbonyl (C=O) groups excluding carboxylic acids is 2. The van der Waals surface area contributed by atoms with Gasteiger partial charge in [-0.2, -0.15) is 0 Å². The van der Waals surface area contributed by atoms with E-state index in [1.54, 1.807) is 24.2 Å². The van der Waals surface area contributed by atoms with Crippen molar-refractivity contribution >= 4 is 17.7 Å². The van der Waals surface area contributed by atoms with Crippen LogP contribution < -0.4 is 10.2 Å². The van der Waals surface area contributed by atoms with Crippen LogP contribution in [0.15, 0.2) is 48.8 Å². The monoisotopic (exact) mass is 396 g/mol. The summed E-state index contributed by atoms with van der Waals surface area (Å²) >= 11 is 0. The van der Waals surface area contributed by atoms with Crippen LogP contribution in [0, 0.1) is 0 Å². The molecule has 154 valence electrons. The maximum Gasteiger partial charge on any atom is 0.409 e. The number of aryl methyl sites for hydroxylation is 1. The second kappa shape index (κ2) is 10.5. The lowest BCUT2D eigenvalue weighted by Crippen LogP contribution is -2.49. The summed E-state index contributed by atoms with van der Waals surface area (Å²) in [5.41, 5.74) is 2.72. The molecule has 29 heavy (non-hydrogen) atoms. The average Bonchev–Trinajstić information content (AvgIpc) is 2.77. The van der Waals surface area contributed by atoms with E-state index in [4.69, 9.17) is 4.74 Å². The normalized spacial score (nSPS) is 13.8. The molecule has 1 fully saturated rings. The van der Waals surface area contributed by atoms with Gasteiger partial charge in [-0.05, 0) is 31.4 Å².